The Kier molecular flexibility index (Phi) is 3.77. The third-order valence-electron chi connectivity index (χ3n) is 6.12. The van der Waals surface area contributed by atoms with E-state index in [1.54, 1.807) is 0 Å². The molecule has 0 saturated heterocycles. The molecule has 0 amide bonds. The first kappa shape index (κ1) is 14.9. The Labute approximate surface area is 128 Å². The summed E-state index contributed by atoms with van der Waals surface area (Å²) in [5.74, 6) is 1.86. The van der Waals surface area contributed by atoms with E-state index < -0.39 is 0 Å². The molecule has 1 aromatic rings. The van der Waals surface area contributed by atoms with Gasteiger partial charge < -0.3 is 10.2 Å². The molecule has 2 nitrogen and oxygen atoms in total. The zero-order chi connectivity index (χ0) is 15.2. The molecule has 1 saturated carbocycles. The number of rotatable bonds is 2. The van der Waals surface area contributed by atoms with Crippen molar-refractivity contribution in [2.75, 3.05) is 6.61 Å². The van der Waals surface area contributed by atoms with Gasteiger partial charge in [-0.15, -0.1) is 0 Å². The molecular formula is C19H28O2. The molecule has 2 aliphatic carbocycles. The van der Waals surface area contributed by atoms with Crippen LogP contribution in [0.4, 0.5) is 0 Å². The first-order valence-corrected chi connectivity index (χ1v) is 8.45. The van der Waals surface area contributed by atoms with Crippen LogP contribution >= 0.6 is 0 Å². The molecule has 0 aromatic heterocycles. The van der Waals surface area contributed by atoms with Gasteiger partial charge in [0.05, 0.1) is 0 Å². The van der Waals surface area contributed by atoms with Crippen molar-refractivity contribution in [3.63, 3.8) is 0 Å². The Morgan fingerprint density at radius 2 is 2.05 bits per heavy atom. The van der Waals surface area contributed by atoms with Crippen LogP contribution in [0.2, 0.25) is 0 Å². The molecule has 2 aliphatic rings. The number of phenolic OH excluding ortho intramolecular Hbond substituents is 1. The number of benzene rings is 1. The lowest BCUT2D eigenvalue weighted by Gasteiger charge is -2.50. The molecule has 0 radical (unpaired) electrons. The van der Waals surface area contributed by atoms with Crippen LogP contribution in [0.5, 0.6) is 5.75 Å². The van der Waals surface area contributed by atoms with E-state index in [-0.39, 0.29) is 5.41 Å². The van der Waals surface area contributed by atoms with Crippen LogP contribution in [0.1, 0.15) is 69.1 Å². The zero-order valence-electron chi connectivity index (χ0n) is 13.5. The molecule has 3 atom stereocenters. The summed E-state index contributed by atoms with van der Waals surface area (Å²) >= 11 is 0. The van der Waals surface area contributed by atoms with Gasteiger partial charge in [0.2, 0.25) is 0 Å². The summed E-state index contributed by atoms with van der Waals surface area (Å²) in [4.78, 5) is 0. The normalized spacial score (nSPS) is 31.9. The number of aliphatic hydroxyl groups is 1. The number of fused-ring (bicyclic) bond motifs is 3. The van der Waals surface area contributed by atoms with E-state index in [0.29, 0.717) is 30.1 Å². The van der Waals surface area contributed by atoms with Crippen molar-refractivity contribution in [3.05, 3.63) is 28.8 Å². The number of aromatic hydroxyl groups is 1. The highest BCUT2D eigenvalue weighted by Gasteiger charge is 2.46. The second-order valence-corrected chi connectivity index (χ2v) is 7.58. The predicted molar refractivity (Wildman–Crippen MR) is 85.8 cm³/mol. The second-order valence-electron chi connectivity index (χ2n) is 7.58. The maximum absolute atomic E-state index is 10.3. The summed E-state index contributed by atoms with van der Waals surface area (Å²) < 4.78 is 0. The van der Waals surface area contributed by atoms with E-state index in [2.05, 4.69) is 26.8 Å². The van der Waals surface area contributed by atoms with Gasteiger partial charge in [0.15, 0.2) is 0 Å². The van der Waals surface area contributed by atoms with E-state index in [4.69, 9.17) is 0 Å². The minimum absolute atomic E-state index is 0.177. The van der Waals surface area contributed by atoms with Crippen molar-refractivity contribution in [3.8, 4) is 5.75 Å². The third-order valence-corrected chi connectivity index (χ3v) is 6.12. The molecule has 0 spiro atoms. The van der Waals surface area contributed by atoms with E-state index in [9.17, 15) is 10.2 Å². The standard InChI is InChI=1S/C19H28O2/c1-12(2)18-14-6-7-15-13(11-20)5-4-10-19(15,3)16(14)8-9-17(18)21/h8-9,12-13,15,20-21H,4-7,10-11H2,1-3H3/t13-,15?,19+/m1/s1. The molecule has 21 heavy (non-hydrogen) atoms. The van der Waals surface area contributed by atoms with Gasteiger partial charge in [0.25, 0.3) is 0 Å². The lowest BCUT2D eigenvalue weighted by atomic mass is 9.54. The number of hydrogen-bond acceptors (Lipinski definition) is 2. The smallest absolute Gasteiger partial charge is 0.119 e. The van der Waals surface area contributed by atoms with Crippen LogP contribution in [0, 0.1) is 11.8 Å². The zero-order valence-corrected chi connectivity index (χ0v) is 13.5. The molecule has 1 aromatic carbocycles. The summed E-state index contributed by atoms with van der Waals surface area (Å²) in [7, 11) is 0. The van der Waals surface area contributed by atoms with Crippen LogP contribution in [-0.4, -0.2) is 16.8 Å². The molecule has 1 unspecified atom stereocenters. The molecule has 0 aliphatic heterocycles. The summed E-state index contributed by atoms with van der Waals surface area (Å²) in [6.45, 7) is 7.05. The minimum Gasteiger partial charge on any atom is -0.508 e. The summed E-state index contributed by atoms with van der Waals surface area (Å²) in [5, 5.41) is 20.0. The van der Waals surface area contributed by atoms with Crippen molar-refractivity contribution in [2.45, 2.75) is 64.2 Å². The lowest BCUT2D eigenvalue weighted by molar-refractivity contribution is 0.0606. The van der Waals surface area contributed by atoms with Crippen molar-refractivity contribution in [1.82, 2.24) is 0 Å². The van der Waals surface area contributed by atoms with E-state index >= 15 is 0 Å². The van der Waals surface area contributed by atoms with Crippen molar-refractivity contribution < 1.29 is 10.2 Å². The first-order valence-electron chi connectivity index (χ1n) is 8.45. The van der Waals surface area contributed by atoms with Gasteiger partial charge in [0.1, 0.15) is 5.75 Å². The molecule has 116 valence electrons. The SMILES string of the molecule is CC(C)c1c(O)ccc2c1CCC1[C@@H](CO)CCC[C@]21C. The Hall–Kier alpha value is -1.02. The van der Waals surface area contributed by atoms with Crippen LogP contribution in [0.3, 0.4) is 0 Å². The van der Waals surface area contributed by atoms with Gasteiger partial charge in [-0.25, -0.2) is 0 Å². The molecule has 0 heterocycles. The highest BCUT2D eigenvalue weighted by atomic mass is 16.3. The number of aliphatic hydroxyl groups excluding tert-OH is 1. The van der Waals surface area contributed by atoms with E-state index in [0.717, 1.165) is 18.4 Å². The molecule has 3 rings (SSSR count). The van der Waals surface area contributed by atoms with E-state index in [1.807, 2.05) is 6.07 Å². The average Bonchev–Trinajstić information content (AvgIpc) is 2.44. The lowest BCUT2D eigenvalue weighted by Crippen LogP contribution is -2.45. The second kappa shape index (κ2) is 5.31. The fourth-order valence-electron chi connectivity index (χ4n) is 5.15. The largest absolute Gasteiger partial charge is 0.508 e. The van der Waals surface area contributed by atoms with Crippen molar-refractivity contribution in [1.29, 1.82) is 0 Å². The van der Waals surface area contributed by atoms with Crippen molar-refractivity contribution in [2.24, 2.45) is 11.8 Å². The molecule has 2 heteroatoms. The third kappa shape index (κ3) is 2.19. The highest BCUT2D eigenvalue weighted by Crippen LogP contribution is 2.53. The quantitative estimate of drug-likeness (QED) is 0.859. The van der Waals surface area contributed by atoms with Gasteiger partial charge in [-0.3, -0.25) is 0 Å². The Bertz CT molecular complexity index is 535. The maximum Gasteiger partial charge on any atom is 0.119 e. The van der Waals surface area contributed by atoms with Gasteiger partial charge >= 0.3 is 0 Å². The summed E-state index contributed by atoms with van der Waals surface area (Å²) in [5.41, 5.74) is 4.16. The Morgan fingerprint density at radius 1 is 1.29 bits per heavy atom. The Balaban J connectivity index is 2.12. The topological polar surface area (TPSA) is 40.5 Å². The number of hydrogen-bond donors (Lipinski definition) is 2. The fourth-order valence-corrected chi connectivity index (χ4v) is 5.15. The molecular weight excluding hydrogens is 260 g/mol. The average molecular weight is 288 g/mol. The molecule has 2 N–H and O–H groups in total. The summed E-state index contributed by atoms with van der Waals surface area (Å²) in [6, 6.07) is 4.05. The van der Waals surface area contributed by atoms with E-state index in [1.165, 1.54) is 30.4 Å². The maximum atomic E-state index is 10.3. The number of phenols is 1. The summed E-state index contributed by atoms with van der Waals surface area (Å²) in [6.07, 6.45) is 5.78. The predicted octanol–water partition coefficient (Wildman–Crippen LogP) is 4.13. The fraction of sp³-hybridized carbons (Fsp3) is 0.684. The van der Waals surface area contributed by atoms with Crippen molar-refractivity contribution >= 4 is 0 Å². The van der Waals surface area contributed by atoms with Crippen LogP contribution in [0.15, 0.2) is 12.1 Å². The molecule has 0 bridgehead atoms. The van der Waals surface area contributed by atoms with Crippen LogP contribution < -0.4 is 0 Å². The van der Waals surface area contributed by atoms with Crippen LogP contribution in [-0.2, 0) is 11.8 Å². The van der Waals surface area contributed by atoms with Gasteiger partial charge in [-0.2, -0.15) is 0 Å². The Morgan fingerprint density at radius 3 is 2.71 bits per heavy atom. The molecule has 1 fully saturated rings. The van der Waals surface area contributed by atoms with Gasteiger partial charge in [-0.1, -0.05) is 33.3 Å². The van der Waals surface area contributed by atoms with Crippen LogP contribution in [0.25, 0.3) is 0 Å². The van der Waals surface area contributed by atoms with Gasteiger partial charge in [0, 0.05) is 6.61 Å². The first-order chi connectivity index (χ1) is 9.99. The highest BCUT2D eigenvalue weighted by molar-refractivity contribution is 5.50. The monoisotopic (exact) mass is 288 g/mol. The minimum atomic E-state index is 0.177. The van der Waals surface area contributed by atoms with Gasteiger partial charge in [-0.05, 0) is 71.6 Å².